The predicted octanol–water partition coefficient (Wildman–Crippen LogP) is 5.38. The van der Waals surface area contributed by atoms with E-state index in [-0.39, 0.29) is 0 Å². The van der Waals surface area contributed by atoms with Crippen LogP contribution >= 0.6 is 0 Å². The van der Waals surface area contributed by atoms with Crippen molar-refractivity contribution >= 4 is 17.0 Å². The maximum atomic E-state index is 2.54. The van der Waals surface area contributed by atoms with E-state index in [1.54, 1.807) is 0 Å². The first-order valence-electron chi connectivity index (χ1n) is 7.95. The van der Waals surface area contributed by atoms with Gasteiger partial charge in [-0.1, -0.05) is 38.5 Å². The van der Waals surface area contributed by atoms with E-state index in [1.165, 1.54) is 47.0 Å². The minimum Gasteiger partial charge on any atom is -0.341 e. The minimum atomic E-state index is 0.525. The van der Waals surface area contributed by atoms with Gasteiger partial charge in [0.15, 0.2) is 0 Å². The average Bonchev–Trinajstić information content (AvgIpc) is 2.72. The van der Waals surface area contributed by atoms with Gasteiger partial charge in [0.1, 0.15) is 0 Å². The topological polar surface area (TPSA) is 4.93 Å². The molecule has 1 aromatic carbocycles. The van der Waals surface area contributed by atoms with E-state index >= 15 is 0 Å². The number of aromatic nitrogens is 1. The highest BCUT2D eigenvalue weighted by Crippen LogP contribution is 2.35. The normalized spacial score (nSPS) is 17.9. The first-order valence-corrected chi connectivity index (χ1v) is 7.95. The van der Waals surface area contributed by atoms with E-state index < -0.39 is 0 Å². The Hall–Kier alpha value is -1.50. The van der Waals surface area contributed by atoms with Crippen molar-refractivity contribution in [2.75, 3.05) is 0 Å². The van der Waals surface area contributed by atoms with Crippen LogP contribution in [0.3, 0.4) is 0 Å². The van der Waals surface area contributed by atoms with Crippen LogP contribution in [0.15, 0.2) is 24.3 Å². The number of rotatable bonds is 3. The second kappa shape index (κ2) is 5.12. The number of benzene rings is 1. The van der Waals surface area contributed by atoms with Crippen molar-refractivity contribution in [3.8, 4) is 0 Å². The summed E-state index contributed by atoms with van der Waals surface area (Å²) in [7, 11) is 0. The molecule has 1 nitrogen and oxygen atoms in total. The molecule has 0 spiro atoms. The zero-order chi connectivity index (χ0) is 14.3. The Morgan fingerprint density at radius 1 is 1.30 bits per heavy atom. The zero-order valence-corrected chi connectivity index (χ0v) is 13.1. The van der Waals surface area contributed by atoms with Crippen LogP contribution < -0.4 is 0 Å². The molecule has 0 fully saturated rings. The molecule has 20 heavy (non-hydrogen) atoms. The van der Waals surface area contributed by atoms with Crippen molar-refractivity contribution in [1.29, 1.82) is 0 Å². The number of aryl methyl sites for hydroxylation is 1. The van der Waals surface area contributed by atoms with Crippen LogP contribution in [0.1, 0.15) is 57.0 Å². The van der Waals surface area contributed by atoms with Gasteiger partial charge in [-0.3, -0.25) is 0 Å². The van der Waals surface area contributed by atoms with E-state index in [1.807, 2.05) is 0 Å². The molecule has 1 unspecified atom stereocenters. The Kier molecular flexibility index (Phi) is 3.45. The summed E-state index contributed by atoms with van der Waals surface area (Å²) in [5.41, 5.74) is 5.86. The number of fused-ring (bicyclic) bond motifs is 3. The molecular formula is C19H25N. The van der Waals surface area contributed by atoms with Crippen LogP contribution in [0.2, 0.25) is 0 Å². The van der Waals surface area contributed by atoms with E-state index in [2.05, 4.69) is 62.6 Å². The van der Waals surface area contributed by atoms with Crippen LogP contribution in [0.4, 0.5) is 0 Å². The monoisotopic (exact) mass is 267 g/mol. The van der Waals surface area contributed by atoms with Gasteiger partial charge in [-0.15, -0.1) is 0 Å². The molecule has 0 aliphatic heterocycles. The summed E-state index contributed by atoms with van der Waals surface area (Å²) in [6.07, 6.45) is 8.27. The molecular weight excluding hydrogens is 242 g/mol. The van der Waals surface area contributed by atoms with Crippen molar-refractivity contribution in [1.82, 2.24) is 4.57 Å². The van der Waals surface area contributed by atoms with Crippen LogP contribution in [0, 0.1) is 5.92 Å². The lowest BCUT2D eigenvalue weighted by Gasteiger charge is -2.19. The van der Waals surface area contributed by atoms with Gasteiger partial charge in [0.05, 0.1) is 0 Å². The molecule has 1 atom stereocenters. The standard InChI is InChI=1S/C19H25N/c1-5-6-15-8-10-18-17(12-15)16-9-7-14(4)11-19(16)20(18)13(2)3/h7-10,12-14H,5-6,11H2,1-4H3. The number of nitrogens with zero attached hydrogens (tertiary/aromatic N) is 1. The quantitative estimate of drug-likeness (QED) is 0.703. The third kappa shape index (κ3) is 2.09. The Balaban J connectivity index is 2.26. The first-order chi connectivity index (χ1) is 9.61. The van der Waals surface area contributed by atoms with Gasteiger partial charge in [-0.05, 0) is 50.3 Å². The third-order valence-corrected chi connectivity index (χ3v) is 4.37. The summed E-state index contributed by atoms with van der Waals surface area (Å²) in [5.74, 6) is 0.652. The maximum absolute atomic E-state index is 2.54. The van der Waals surface area contributed by atoms with Gasteiger partial charge in [0.25, 0.3) is 0 Å². The highest BCUT2D eigenvalue weighted by molar-refractivity contribution is 5.92. The molecule has 0 saturated carbocycles. The maximum Gasteiger partial charge on any atom is 0.0491 e. The van der Waals surface area contributed by atoms with Crippen LogP contribution in [0.25, 0.3) is 17.0 Å². The Morgan fingerprint density at radius 2 is 2.10 bits per heavy atom. The molecule has 0 N–H and O–H groups in total. The zero-order valence-electron chi connectivity index (χ0n) is 13.1. The molecule has 1 heterocycles. The highest BCUT2D eigenvalue weighted by Gasteiger charge is 2.21. The van der Waals surface area contributed by atoms with E-state index in [0.717, 1.165) is 0 Å². The molecule has 1 aromatic heterocycles. The summed E-state index contributed by atoms with van der Waals surface area (Å²) in [4.78, 5) is 0. The van der Waals surface area contributed by atoms with E-state index in [9.17, 15) is 0 Å². The molecule has 2 aromatic rings. The fourth-order valence-corrected chi connectivity index (χ4v) is 3.50. The second-order valence-corrected chi connectivity index (χ2v) is 6.47. The minimum absolute atomic E-state index is 0.525. The molecule has 106 valence electrons. The van der Waals surface area contributed by atoms with Gasteiger partial charge in [-0.2, -0.15) is 0 Å². The summed E-state index contributed by atoms with van der Waals surface area (Å²) >= 11 is 0. The van der Waals surface area contributed by atoms with Gasteiger partial charge >= 0.3 is 0 Å². The first kappa shape index (κ1) is 13.5. The summed E-state index contributed by atoms with van der Waals surface area (Å²) in [6, 6.07) is 7.58. The summed E-state index contributed by atoms with van der Waals surface area (Å²) in [6.45, 7) is 9.15. The van der Waals surface area contributed by atoms with Crippen molar-refractivity contribution in [2.24, 2.45) is 5.92 Å². The summed E-state index contributed by atoms with van der Waals surface area (Å²) < 4.78 is 2.54. The van der Waals surface area contributed by atoms with E-state index in [4.69, 9.17) is 0 Å². The molecule has 1 aliphatic rings. The molecule has 0 saturated heterocycles. The number of hydrogen-bond donors (Lipinski definition) is 0. The lowest BCUT2D eigenvalue weighted by molar-refractivity contribution is 0.567. The molecule has 1 aliphatic carbocycles. The van der Waals surface area contributed by atoms with Gasteiger partial charge in [-0.25, -0.2) is 0 Å². The van der Waals surface area contributed by atoms with Crippen molar-refractivity contribution in [3.05, 3.63) is 41.1 Å². The molecule has 0 amide bonds. The van der Waals surface area contributed by atoms with Crippen LogP contribution in [-0.4, -0.2) is 4.57 Å². The third-order valence-electron chi connectivity index (χ3n) is 4.37. The number of allylic oxidation sites excluding steroid dienone is 1. The fourth-order valence-electron chi connectivity index (χ4n) is 3.50. The molecule has 3 rings (SSSR count). The highest BCUT2D eigenvalue weighted by atomic mass is 15.0. The Bertz CT molecular complexity index is 658. The van der Waals surface area contributed by atoms with E-state index in [0.29, 0.717) is 12.0 Å². The average molecular weight is 267 g/mol. The number of hydrogen-bond acceptors (Lipinski definition) is 0. The Labute approximate surface area is 122 Å². The fraction of sp³-hybridized carbons (Fsp3) is 0.474. The molecule has 0 bridgehead atoms. The molecule has 1 heteroatoms. The van der Waals surface area contributed by atoms with Crippen LogP contribution in [0.5, 0.6) is 0 Å². The lowest BCUT2D eigenvalue weighted by Crippen LogP contribution is -2.11. The van der Waals surface area contributed by atoms with Crippen molar-refractivity contribution < 1.29 is 0 Å². The second-order valence-electron chi connectivity index (χ2n) is 6.47. The SMILES string of the molecule is CCCc1ccc2c(c1)c1c(n2C(C)C)CC(C)C=C1. The van der Waals surface area contributed by atoms with Crippen molar-refractivity contribution in [2.45, 2.75) is 53.0 Å². The van der Waals surface area contributed by atoms with Gasteiger partial charge in [0.2, 0.25) is 0 Å². The van der Waals surface area contributed by atoms with Gasteiger partial charge < -0.3 is 4.57 Å². The van der Waals surface area contributed by atoms with Gasteiger partial charge in [0, 0.05) is 28.2 Å². The predicted molar refractivity (Wildman–Crippen MR) is 88.2 cm³/mol. The summed E-state index contributed by atoms with van der Waals surface area (Å²) in [5, 5.41) is 1.45. The molecule has 0 radical (unpaired) electrons. The largest absolute Gasteiger partial charge is 0.341 e. The smallest absolute Gasteiger partial charge is 0.0491 e. The van der Waals surface area contributed by atoms with Crippen LogP contribution in [-0.2, 0) is 12.8 Å². The Morgan fingerprint density at radius 3 is 2.80 bits per heavy atom. The lowest BCUT2D eigenvalue weighted by atomic mass is 9.94. The van der Waals surface area contributed by atoms with Crippen molar-refractivity contribution in [3.63, 3.8) is 0 Å².